The van der Waals surface area contributed by atoms with Gasteiger partial charge in [0.1, 0.15) is 4.90 Å². The number of hydrogen-bond donors (Lipinski definition) is 2. The van der Waals surface area contributed by atoms with E-state index >= 15 is 0 Å². The molecule has 3 rings (SSSR count). The van der Waals surface area contributed by atoms with Gasteiger partial charge in [-0.25, -0.2) is 8.42 Å². The van der Waals surface area contributed by atoms with Gasteiger partial charge in [-0.2, -0.15) is 4.31 Å². The second kappa shape index (κ2) is 9.16. The molecule has 2 aromatic rings. The average molecular weight is 450 g/mol. The summed E-state index contributed by atoms with van der Waals surface area (Å²) in [6, 6.07) is 10.8. The van der Waals surface area contributed by atoms with Gasteiger partial charge in [0.2, 0.25) is 15.9 Å². The molecule has 0 bridgehead atoms. The molecule has 2 amide bonds. The highest BCUT2D eigenvalue weighted by atomic mass is 35.5. The summed E-state index contributed by atoms with van der Waals surface area (Å²) in [5, 5.41) is 5.45. The maximum atomic E-state index is 13.1. The summed E-state index contributed by atoms with van der Waals surface area (Å²) in [5.41, 5.74) is 1.31. The molecule has 1 fully saturated rings. The Labute approximate surface area is 181 Å². The summed E-state index contributed by atoms with van der Waals surface area (Å²) in [6.07, 6.45) is 1.79. The predicted octanol–water partition coefficient (Wildman–Crippen LogP) is 3.97. The molecule has 0 aromatic heterocycles. The van der Waals surface area contributed by atoms with Gasteiger partial charge in [-0.05, 0) is 61.2 Å². The number of amides is 2. The molecular weight excluding hydrogens is 426 g/mol. The Kier molecular flexibility index (Phi) is 6.80. The van der Waals surface area contributed by atoms with Crippen molar-refractivity contribution in [3.8, 4) is 0 Å². The molecule has 1 aliphatic heterocycles. The molecule has 0 saturated carbocycles. The predicted molar refractivity (Wildman–Crippen MR) is 117 cm³/mol. The van der Waals surface area contributed by atoms with Crippen molar-refractivity contribution in [1.29, 1.82) is 0 Å². The van der Waals surface area contributed by atoms with E-state index in [1.54, 1.807) is 24.3 Å². The molecule has 1 aliphatic rings. The zero-order valence-corrected chi connectivity index (χ0v) is 18.4. The first-order chi connectivity index (χ1) is 14.2. The minimum atomic E-state index is -3.79. The zero-order chi connectivity index (χ0) is 21.9. The molecule has 9 heteroatoms. The van der Waals surface area contributed by atoms with Crippen molar-refractivity contribution in [2.24, 2.45) is 5.92 Å². The first-order valence-electron chi connectivity index (χ1n) is 9.65. The van der Waals surface area contributed by atoms with Crippen LogP contribution in [0.5, 0.6) is 0 Å². The van der Waals surface area contributed by atoms with E-state index in [2.05, 4.69) is 10.6 Å². The Hall–Kier alpha value is -2.42. The van der Waals surface area contributed by atoms with Crippen LogP contribution < -0.4 is 10.6 Å². The molecule has 1 heterocycles. The number of hydrogen-bond acceptors (Lipinski definition) is 4. The number of nitrogens with zero attached hydrogens (tertiary/aromatic N) is 1. The van der Waals surface area contributed by atoms with Crippen molar-refractivity contribution < 1.29 is 18.0 Å². The third-order valence-corrected chi connectivity index (χ3v) is 7.24. The van der Waals surface area contributed by atoms with Crippen molar-refractivity contribution >= 4 is 44.8 Å². The van der Waals surface area contributed by atoms with E-state index in [0.29, 0.717) is 24.5 Å². The second-order valence-corrected chi connectivity index (χ2v) is 9.78. The number of halogens is 1. The summed E-state index contributed by atoms with van der Waals surface area (Å²) < 4.78 is 27.6. The number of sulfonamides is 1. The SMILES string of the molecule is CC(=O)Nc1ccc(NC(=O)c2ccc(Cl)c(S(=O)(=O)N3CCC[C@@H](C)C3)c2)cc1. The highest BCUT2D eigenvalue weighted by Gasteiger charge is 2.30. The van der Waals surface area contributed by atoms with Gasteiger partial charge in [-0.15, -0.1) is 0 Å². The maximum absolute atomic E-state index is 13.1. The van der Waals surface area contributed by atoms with Gasteiger partial charge in [-0.3, -0.25) is 9.59 Å². The molecular formula is C21H24ClN3O4S. The van der Waals surface area contributed by atoms with Crippen LogP contribution in [0.1, 0.15) is 37.0 Å². The van der Waals surface area contributed by atoms with E-state index in [4.69, 9.17) is 11.6 Å². The smallest absolute Gasteiger partial charge is 0.255 e. The van der Waals surface area contributed by atoms with E-state index < -0.39 is 15.9 Å². The molecule has 0 unspecified atom stereocenters. The number of carbonyl (C=O) groups excluding carboxylic acids is 2. The van der Waals surface area contributed by atoms with Crippen molar-refractivity contribution in [2.75, 3.05) is 23.7 Å². The molecule has 2 N–H and O–H groups in total. The van der Waals surface area contributed by atoms with Crippen LogP contribution in [-0.4, -0.2) is 37.6 Å². The summed E-state index contributed by atoms with van der Waals surface area (Å²) in [7, 11) is -3.79. The Balaban J connectivity index is 1.80. The number of rotatable bonds is 5. The van der Waals surface area contributed by atoms with E-state index in [1.165, 1.54) is 29.4 Å². The van der Waals surface area contributed by atoms with Crippen LogP contribution in [0.25, 0.3) is 0 Å². The van der Waals surface area contributed by atoms with Crippen LogP contribution in [-0.2, 0) is 14.8 Å². The fourth-order valence-electron chi connectivity index (χ4n) is 3.39. The third-order valence-electron chi connectivity index (χ3n) is 4.89. The normalized spacial score (nSPS) is 17.4. The standard InChI is InChI=1S/C21H24ClN3O4S/c1-14-4-3-11-25(13-14)30(28,29)20-12-16(5-10-19(20)22)21(27)24-18-8-6-17(7-9-18)23-15(2)26/h5-10,12,14H,3-4,11,13H2,1-2H3,(H,23,26)(H,24,27)/t14-/m1/s1. The minimum absolute atomic E-state index is 0.0630. The Morgan fingerprint density at radius 3 is 2.30 bits per heavy atom. The van der Waals surface area contributed by atoms with E-state index in [0.717, 1.165) is 12.8 Å². The van der Waals surface area contributed by atoms with Crippen LogP contribution in [0, 0.1) is 5.92 Å². The van der Waals surface area contributed by atoms with Crippen LogP contribution in [0.2, 0.25) is 5.02 Å². The number of benzene rings is 2. The van der Waals surface area contributed by atoms with Crippen molar-refractivity contribution in [3.63, 3.8) is 0 Å². The lowest BCUT2D eigenvalue weighted by molar-refractivity contribution is -0.114. The highest BCUT2D eigenvalue weighted by Crippen LogP contribution is 2.29. The fourth-order valence-corrected chi connectivity index (χ4v) is 5.49. The van der Waals surface area contributed by atoms with Crippen LogP contribution in [0.4, 0.5) is 11.4 Å². The van der Waals surface area contributed by atoms with Crippen LogP contribution >= 0.6 is 11.6 Å². The summed E-state index contributed by atoms with van der Waals surface area (Å²) >= 11 is 6.19. The molecule has 0 radical (unpaired) electrons. The molecule has 30 heavy (non-hydrogen) atoms. The summed E-state index contributed by atoms with van der Waals surface area (Å²) in [5.74, 6) is -0.369. The van der Waals surface area contributed by atoms with E-state index in [1.807, 2.05) is 6.92 Å². The quantitative estimate of drug-likeness (QED) is 0.721. The zero-order valence-electron chi connectivity index (χ0n) is 16.8. The Morgan fingerprint density at radius 2 is 1.70 bits per heavy atom. The molecule has 0 spiro atoms. The van der Waals surface area contributed by atoms with Gasteiger partial charge >= 0.3 is 0 Å². The van der Waals surface area contributed by atoms with Gasteiger partial charge < -0.3 is 10.6 Å². The van der Waals surface area contributed by atoms with Gasteiger partial charge in [-0.1, -0.05) is 18.5 Å². The van der Waals surface area contributed by atoms with Gasteiger partial charge in [0.15, 0.2) is 0 Å². The van der Waals surface area contributed by atoms with Crippen LogP contribution in [0.15, 0.2) is 47.4 Å². The molecule has 1 atom stereocenters. The second-order valence-electron chi connectivity index (χ2n) is 7.47. The lowest BCUT2D eigenvalue weighted by Gasteiger charge is -2.30. The molecule has 7 nitrogen and oxygen atoms in total. The monoisotopic (exact) mass is 449 g/mol. The lowest BCUT2D eigenvalue weighted by Crippen LogP contribution is -2.39. The number of anilines is 2. The topological polar surface area (TPSA) is 95.6 Å². The fraction of sp³-hybridized carbons (Fsp3) is 0.333. The van der Waals surface area contributed by atoms with E-state index in [9.17, 15) is 18.0 Å². The third kappa shape index (κ3) is 5.19. The summed E-state index contributed by atoms with van der Waals surface area (Å²) in [6.45, 7) is 4.31. The summed E-state index contributed by atoms with van der Waals surface area (Å²) in [4.78, 5) is 23.7. The number of carbonyl (C=O) groups is 2. The molecule has 1 saturated heterocycles. The largest absolute Gasteiger partial charge is 0.326 e. The van der Waals surface area contributed by atoms with Crippen molar-refractivity contribution in [1.82, 2.24) is 4.31 Å². The maximum Gasteiger partial charge on any atom is 0.255 e. The number of piperidine rings is 1. The molecule has 160 valence electrons. The van der Waals surface area contributed by atoms with Gasteiger partial charge in [0.25, 0.3) is 5.91 Å². The first kappa shape index (κ1) is 22.3. The van der Waals surface area contributed by atoms with Crippen LogP contribution in [0.3, 0.4) is 0 Å². The molecule has 2 aromatic carbocycles. The highest BCUT2D eigenvalue weighted by molar-refractivity contribution is 7.89. The van der Waals surface area contributed by atoms with Crippen molar-refractivity contribution in [2.45, 2.75) is 31.6 Å². The number of nitrogens with one attached hydrogen (secondary N) is 2. The average Bonchev–Trinajstić information content (AvgIpc) is 2.69. The lowest BCUT2D eigenvalue weighted by atomic mass is 10.0. The van der Waals surface area contributed by atoms with E-state index in [-0.39, 0.29) is 27.3 Å². The molecule has 0 aliphatic carbocycles. The van der Waals surface area contributed by atoms with Gasteiger partial charge in [0, 0.05) is 37.0 Å². The Bertz CT molecular complexity index is 1050. The minimum Gasteiger partial charge on any atom is -0.326 e. The first-order valence-corrected chi connectivity index (χ1v) is 11.5. The Morgan fingerprint density at radius 1 is 1.07 bits per heavy atom. The van der Waals surface area contributed by atoms with Gasteiger partial charge in [0.05, 0.1) is 5.02 Å². The van der Waals surface area contributed by atoms with Crippen molar-refractivity contribution in [3.05, 3.63) is 53.1 Å².